The summed E-state index contributed by atoms with van der Waals surface area (Å²) in [6.45, 7) is 4.51. The van der Waals surface area contributed by atoms with Gasteiger partial charge in [-0.3, -0.25) is 9.59 Å². The number of morpholine rings is 1. The van der Waals surface area contributed by atoms with Crippen molar-refractivity contribution < 1.29 is 14.3 Å². The van der Waals surface area contributed by atoms with Crippen LogP contribution >= 0.6 is 12.4 Å². The summed E-state index contributed by atoms with van der Waals surface area (Å²) in [6, 6.07) is -0.280. The van der Waals surface area contributed by atoms with Crippen LogP contribution in [0.1, 0.15) is 19.8 Å². The van der Waals surface area contributed by atoms with Gasteiger partial charge in [0, 0.05) is 26.7 Å². The Labute approximate surface area is 126 Å². The van der Waals surface area contributed by atoms with E-state index >= 15 is 0 Å². The number of rotatable bonds is 2. The van der Waals surface area contributed by atoms with Crippen LogP contribution in [-0.2, 0) is 14.3 Å². The minimum atomic E-state index is -0.280. The summed E-state index contributed by atoms with van der Waals surface area (Å²) in [4.78, 5) is 26.0. The van der Waals surface area contributed by atoms with Crippen molar-refractivity contribution >= 4 is 24.2 Å². The first-order valence-electron chi connectivity index (χ1n) is 6.99. The first-order chi connectivity index (χ1) is 9.13. The lowest BCUT2D eigenvalue weighted by Gasteiger charge is -2.37. The molecule has 2 fully saturated rings. The molecular weight excluding hydrogens is 282 g/mol. The van der Waals surface area contributed by atoms with Gasteiger partial charge in [-0.15, -0.1) is 12.4 Å². The molecule has 2 N–H and O–H groups in total. The number of nitrogens with zero attached hydrogens (tertiary/aromatic N) is 1. The molecule has 0 aliphatic carbocycles. The molecule has 2 aliphatic heterocycles. The Morgan fingerprint density at radius 1 is 1.40 bits per heavy atom. The molecule has 20 heavy (non-hydrogen) atoms. The number of hydrogen-bond acceptors (Lipinski definition) is 4. The summed E-state index contributed by atoms with van der Waals surface area (Å²) >= 11 is 0. The molecule has 2 saturated heterocycles. The zero-order valence-corrected chi connectivity index (χ0v) is 12.9. The summed E-state index contributed by atoms with van der Waals surface area (Å²) in [5, 5.41) is 5.87. The second-order valence-electron chi connectivity index (χ2n) is 5.25. The predicted octanol–water partition coefficient (Wildman–Crippen LogP) is -0.230. The third-order valence-electron chi connectivity index (χ3n) is 3.93. The number of amides is 2. The maximum atomic E-state index is 12.5. The van der Waals surface area contributed by atoms with Gasteiger partial charge < -0.3 is 20.3 Å². The highest BCUT2D eigenvalue weighted by Crippen LogP contribution is 2.18. The second kappa shape index (κ2) is 7.81. The molecule has 0 aromatic rings. The largest absolute Gasteiger partial charge is 0.375 e. The van der Waals surface area contributed by atoms with Gasteiger partial charge in [-0.1, -0.05) is 0 Å². The highest BCUT2D eigenvalue weighted by Gasteiger charge is 2.35. The van der Waals surface area contributed by atoms with Crippen LogP contribution in [0.4, 0.5) is 0 Å². The fourth-order valence-corrected chi connectivity index (χ4v) is 2.80. The van der Waals surface area contributed by atoms with Crippen LogP contribution in [0.5, 0.6) is 0 Å². The Hall–Kier alpha value is -0.850. The smallest absolute Gasteiger partial charge is 0.242 e. The van der Waals surface area contributed by atoms with Crippen LogP contribution in [0, 0.1) is 5.92 Å². The van der Waals surface area contributed by atoms with Gasteiger partial charge in [-0.05, 0) is 19.8 Å². The van der Waals surface area contributed by atoms with E-state index in [9.17, 15) is 9.59 Å². The quantitative estimate of drug-likeness (QED) is 0.739. The summed E-state index contributed by atoms with van der Waals surface area (Å²) in [5.74, 6) is 0.00159. The molecule has 0 saturated carbocycles. The third-order valence-corrected chi connectivity index (χ3v) is 3.93. The number of carbonyl (C=O) groups excluding carboxylic acids is 2. The Balaban J connectivity index is 0.00000200. The first kappa shape index (κ1) is 17.2. The molecule has 1 unspecified atom stereocenters. The molecule has 0 radical (unpaired) electrons. The molecule has 0 spiro atoms. The van der Waals surface area contributed by atoms with Crippen molar-refractivity contribution in [1.29, 1.82) is 0 Å². The number of halogens is 1. The van der Waals surface area contributed by atoms with Crippen LogP contribution in [0.3, 0.4) is 0 Å². The first-order valence-corrected chi connectivity index (χ1v) is 6.99. The van der Waals surface area contributed by atoms with Crippen LogP contribution in [-0.4, -0.2) is 62.1 Å². The summed E-state index contributed by atoms with van der Waals surface area (Å²) < 4.78 is 5.51. The fourth-order valence-electron chi connectivity index (χ4n) is 2.80. The van der Waals surface area contributed by atoms with E-state index in [1.54, 1.807) is 11.9 Å². The third kappa shape index (κ3) is 3.84. The molecule has 0 aromatic heterocycles. The van der Waals surface area contributed by atoms with Crippen LogP contribution < -0.4 is 10.6 Å². The highest BCUT2D eigenvalue weighted by molar-refractivity contribution is 5.85. The summed E-state index contributed by atoms with van der Waals surface area (Å²) in [7, 11) is 1.64. The number of hydrogen-bond donors (Lipinski definition) is 2. The van der Waals surface area contributed by atoms with E-state index in [0.29, 0.717) is 19.7 Å². The highest BCUT2D eigenvalue weighted by atomic mass is 35.5. The summed E-state index contributed by atoms with van der Waals surface area (Å²) in [6.07, 6.45) is 1.63. The van der Waals surface area contributed by atoms with E-state index in [0.717, 1.165) is 19.4 Å². The molecule has 2 heterocycles. The van der Waals surface area contributed by atoms with E-state index < -0.39 is 0 Å². The van der Waals surface area contributed by atoms with Crippen LogP contribution in [0.15, 0.2) is 0 Å². The molecule has 116 valence electrons. The molecule has 3 atom stereocenters. The number of ether oxygens (including phenoxy) is 1. The lowest BCUT2D eigenvalue weighted by molar-refractivity contribution is -0.142. The van der Waals surface area contributed by atoms with E-state index in [4.69, 9.17) is 4.74 Å². The predicted molar refractivity (Wildman–Crippen MR) is 77.8 cm³/mol. The average Bonchev–Trinajstić information content (AvgIpc) is 2.46. The number of piperidine rings is 1. The van der Waals surface area contributed by atoms with Crippen molar-refractivity contribution in [3.63, 3.8) is 0 Å². The minimum Gasteiger partial charge on any atom is -0.375 e. The van der Waals surface area contributed by atoms with Gasteiger partial charge in [-0.2, -0.15) is 0 Å². The maximum absolute atomic E-state index is 12.5. The Kier molecular flexibility index (Phi) is 6.71. The lowest BCUT2D eigenvalue weighted by Crippen LogP contribution is -2.58. The Morgan fingerprint density at radius 2 is 2.15 bits per heavy atom. The van der Waals surface area contributed by atoms with E-state index in [1.807, 2.05) is 6.92 Å². The standard InChI is InChI=1S/C13H23N3O3.ClH/c1-9-11(15-5-7-19-9)13(18)16-6-3-4-10(8-16)12(17)14-2;/h9-11,15H,3-8H2,1-2H3,(H,14,17);1H/t9-,10?,11+;/m1./s1. The minimum absolute atomic E-state index is 0. The van der Waals surface area contributed by atoms with Gasteiger partial charge in [0.05, 0.1) is 18.6 Å². The van der Waals surface area contributed by atoms with E-state index in [2.05, 4.69) is 10.6 Å². The van der Waals surface area contributed by atoms with Crippen LogP contribution in [0.2, 0.25) is 0 Å². The van der Waals surface area contributed by atoms with Crippen molar-refractivity contribution in [1.82, 2.24) is 15.5 Å². The van der Waals surface area contributed by atoms with E-state index in [-0.39, 0.29) is 42.3 Å². The maximum Gasteiger partial charge on any atom is 0.242 e. The van der Waals surface area contributed by atoms with Crippen molar-refractivity contribution in [2.24, 2.45) is 5.92 Å². The van der Waals surface area contributed by atoms with E-state index in [1.165, 1.54) is 0 Å². The number of likely N-dealkylation sites (tertiary alicyclic amines) is 1. The molecular formula is C13H24ClN3O3. The van der Waals surface area contributed by atoms with Gasteiger partial charge in [-0.25, -0.2) is 0 Å². The van der Waals surface area contributed by atoms with Gasteiger partial charge in [0.25, 0.3) is 0 Å². The van der Waals surface area contributed by atoms with Gasteiger partial charge in [0.2, 0.25) is 11.8 Å². The van der Waals surface area contributed by atoms with Crippen molar-refractivity contribution in [2.75, 3.05) is 33.3 Å². The Bertz CT molecular complexity index is 354. The molecule has 6 nitrogen and oxygen atoms in total. The average molecular weight is 306 g/mol. The van der Waals surface area contributed by atoms with Crippen molar-refractivity contribution in [3.05, 3.63) is 0 Å². The SMILES string of the molecule is CNC(=O)C1CCCN(C(=O)[C@H]2NCCO[C@@H]2C)C1.Cl. The zero-order valence-electron chi connectivity index (χ0n) is 12.1. The topological polar surface area (TPSA) is 70.7 Å². The molecule has 2 aliphatic rings. The Morgan fingerprint density at radius 3 is 2.80 bits per heavy atom. The molecule has 7 heteroatoms. The fraction of sp³-hybridized carbons (Fsp3) is 0.846. The summed E-state index contributed by atoms with van der Waals surface area (Å²) in [5.41, 5.74) is 0. The monoisotopic (exact) mass is 305 g/mol. The molecule has 2 rings (SSSR count). The van der Waals surface area contributed by atoms with Crippen molar-refractivity contribution in [2.45, 2.75) is 31.9 Å². The van der Waals surface area contributed by atoms with Gasteiger partial charge >= 0.3 is 0 Å². The molecule has 0 bridgehead atoms. The number of carbonyl (C=O) groups is 2. The van der Waals surface area contributed by atoms with Gasteiger partial charge in [0.15, 0.2) is 0 Å². The zero-order chi connectivity index (χ0) is 13.8. The lowest BCUT2D eigenvalue weighted by atomic mass is 9.96. The number of nitrogens with one attached hydrogen (secondary N) is 2. The normalized spacial score (nSPS) is 30.3. The van der Waals surface area contributed by atoms with Gasteiger partial charge in [0.1, 0.15) is 6.04 Å². The van der Waals surface area contributed by atoms with Crippen molar-refractivity contribution in [3.8, 4) is 0 Å². The van der Waals surface area contributed by atoms with Crippen LogP contribution in [0.25, 0.3) is 0 Å². The molecule has 2 amide bonds. The molecule has 0 aromatic carbocycles. The second-order valence-corrected chi connectivity index (χ2v) is 5.25.